The molecule has 100 valence electrons. The molecule has 2 N–H and O–H groups in total. The fourth-order valence-corrected chi connectivity index (χ4v) is 4.74. The fourth-order valence-electron chi connectivity index (χ4n) is 3.24. The number of ether oxygens (including phenoxy) is 1. The van der Waals surface area contributed by atoms with Gasteiger partial charge >= 0.3 is 0 Å². The maximum Gasteiger partial charge on any atom is 0.0703 e. The molecular formula is C13H26N2OS. The van der Waals surface area contributed by atoms with E-state index in [1.54, 1.807) is 0 Å². The Bertz CT molecular complexity index is 246. The van der Waals surface area contributed by atoms with Gasteiger partial charge in [-0.25, -0.2) is 0 Å². The van der Waals surface area contributed by atoms with E-state index in [2.05, 4.69) is 30.5 Å². The maximum absolute atomic E-state index is 6.11. The predicted molar refractivity (Wildman–Crippen MR) is 74.5 cm³/mol. The second-order valence-corrected chi connectivity index (χ2v) is 6.69. The molecule has 2 saturated heterocycles. The van der Waals surface area contributed by atoms with Gasteiger partial charge < -0.3 is 10.5 Å². The zero-order valence-corrected chi connectivity index (χ0v) is 12.0. The third kappa shape index (κ3) is 2.65. The van der Waals surface area contributed by atoms with E-state index in [0.29, 0.717) is 11.4 Å². The van der Waals surface area contributed by atoms with E-state index in [1.807, 2.05) is 0 Å². The Kier molecular flexibility index (Phi) is 4.75. The van der Waals surface area contributed by atoms with E-state index in [4.69, 9.17) is 10.5 Å². The molecule has 2 heterocycles. The van der Waals surface area contributed by atoms with Gasteiger partial charge in [-0.1, -0.05) is 13.8 Å². The van der Waals surface area contributed by atoms with Crippen LogP contribution in [0.4, 0.5) is 0 Å². The molecule has 17 heavy (non-hydrogen) atoms. The highest BCUT2D eigenvalue weighted by molar-refractivity contribution is 8.00. The lowest BCUT2D eigenvalue weighted by atomic mass is 9.90. The van der Waals surface area contributed by atoms with Crippen molar-refractivity contribution in [3.8, 4) is 0 Å². The lowest BCUT2D eigenvalue weighted by molar-refractivity contribution is 0.0257. The fraction of sp³-hybridized carbons (Fsp3) is 1.00. The van der Waals surface area contributed by atoms with E-state index in [9.17, 15) is 0 Å². The summed E-state index contributed by atoms with van der Waals surface area (Å²) < 4.78 is 5.78. The average Bonchev–Trinajstić information content (AvgIpc) is 2.96. The third-order valence-electron chi connectivity index (χ3n) is 4.47. The molecule has 2 aliphatic heterocycles. The lowest BCUT2D eigenvalue weighted by Crippen LogP contribution is -2.59. The summed E-state index contributed by atoms with van der Waals surface area (Å²) in [6.45, 7) is 8.47. The lowest BCUT2D eigenvalue weighted by Gasteiger charge is -2.43. The van der Waals surface area contributed by atoms with Crippen LogP contribution < -0.4 is 5.73 Å². The Morgan fingerprint density at radius 1 is 1.53 bits per heavy atom. The van der Waals surface area contributed by atoms with E-state index in [0.717, 1.165) is 26.2 Å². The third-order valence-corrected chi connectivity index (χ3v) is 5.85. The first-order valence-electron chi connectivity index (χ1n) is 6.91. The summed E-state index contributed by atoms with van der Waals surface area (Å²) in [6, 6.07) is 0. The Hall–Kier alpha value is 0.230. The van der Waals surface area contributed by atoms with Crippen LogP contribution in [0.15, 0.2) is 0 Å². The summed E-state index contributed by atoms with van der Waals surface area (Å²) in [7, 11) is 0. The number of thioether (sulfide) groups is 1. The highest BCUT2D eigenvalue weighted by atomic mass is 32.2. The monoisotopic (exact) mass is 258 g/mol. The molecule has 0 spiro atoms. The van der Waals surface area contributed by atoms with Gasteiger partial charge in [-0.15, -0.1) is 0 Å². The molecular weight excluding hydrogens is 232 g/mol. The summed E-state index contributed by atoms with van der Waals surface area (Å²) in [5.41, 5.74) is 6.33. The summed E-state index contributed by atoms with van der Waals surface area (Å²) in [5, 5.41) is 0.647. The standard InChI is InChI=1S/C13H26N2OS/c1-3-15(9-12-5-4-7-16-12)13(10-14)6-8-17-11(13)2/h11-12H,3-10,14H2,1-2H3. The molecule has 3 unspecified atom stereocenters. The van der Waals surface area contributed by atoms with Gasteiger partial charge in [-0.05, 0) is 31.6 Å². The van der Waals surface area contributed by atoms with Gasteiger partial charge in [0, 0.05) is 30.5 Å². The molecule has 4 heteroatoms. The summed E-state index contributed by atoms with van der Waals surface area (Å²) in [6.07, 6.45) is 4.12. The number of nitrogens with two attached hydrogens (primary N) is 1. The minimum Gasteiger partial charge on any atom is -0.377 e. The first-order chi connectivity index (χ1) is 8.23. The predicted octanol–water partition coefficient (Wildman–Crippen LogP) is 1.71. The second kappa shape index (κ2) is 5.91. The number of rotatable bonds is 5. The van der Waals surface area contributed by atoms with Crippen LogP contribution in [-0.4, -0.2) is 53.8 Å². The molecule has 2 rings (SSSR count). The van der Waals surface area contributed by atoms with Gasteiger partial charge in [0.2, 0.25) is 0 Å². The maximum atomic E-state index is 6.11. The minimum atomic E-state index is 0.214. The van der Waals surface area contributed by atoms with Crippen LogP contribution in [0.1, 0.15) is 33.1 Å². The number of hydrogen-bond donors (Lipinski definition) is 1. The zero-order chi connectivity index (χ0) is 12.3. The van der Waals surface area contributed by atoms with Gasteiger partial charge in [0.15, 0.2) is 0 Å². The van der Waals surface area contributed by atoms with Crippen molar-refractivity contribution in [2.45, 2.75) is 50.0 Å². The molecule has 0 saturated carbocycles. The van der Waals surface area contributed by atoms with Crippen LogP contribution in [-0.2, 0) is 4.74 Å². The Morgan fingerprint density at radius 3 is 2.82 bits per heavy atom. The first-order valence-corrected chi connectivity index (χ1v) is 7.96. The molecule has 3 nitrogen and oxygen atoms in total. The van der Waals surface area contributed by atoms with Gasteiger partial charge in [0.05, 0.1) is 6.10 Å². The summed E-state index contributed by atoms with van der Waals surface area (Å²) >= 11 is 2.07. The Labute approximate surface area is 109 Å². The molecule has 2 aliphatic rings. The van der Waals surface area contributed by atoms with Crippen molar-refractivity contribution < 1.29 is 4.74 Å². The summed E-state index contributed by atoms with van der Waals surface area (Å²) in [5.74, 6) is 1.25. The molecule has 0 amide bonds. The molecule has 0 aromatic rings. The second-order valence-electron chi connectivity index (χ2n) is 5.24. The molecule has 3 atom stereocenters. The van der Waals surface area contributed by atoms with Crippen LogP contribution in [0.3, 0.4) is 0 Å². The van der Waals surface area contributed by atoms with Crippen molar-refractivity contribution in [1.82, 2.24) is 4.90 Å². The van der Waals surface area contributed by atoms with Crippen molar-refractivity contribution in [3.05, 3.63) is 0 Å². The summed E-state index contributed by atoms with van der Waals surface area (Å²) in [4.78, 5) is 2.59. The van der Waals surface area contributed by atoms with Crippen molar-refractivity contribution in [2.24, 2.45) is 5.73 Å². The minimum absolute atomic E-state index is 0.214. The van der Waals surface area contributed by atoms with E-state index in [-0.39, 0.29) is 5.54 Å². The molecule has 0 aromatic carbocycles. The first kappa shape index (κ1) is 13.7. The van der Waals surface area contributed by atoms with Crippen LogP contribution in [0.2, 0.25) is 0 Å². The molecule has 0 aromatic heterocycles. The topological polar surface area (TPSA) is 38.5 Å². The largest absolute Gasteiger partial charge is 0.377 e. The van der Waals surface area contributed by atoms with Gasteiger partial charge in [-0.2, -0.15) is 11.8 Å². The molecule has 0 radical (unpaired) electrons. The van der Waals surface area contributed by atoms with Crippen molar-refractivity contribution >= 4 is 11.8 Å². The highest BCUT2D eigenvalue weighted by Crippen LogP contribution is 2.39. The molecule has 0 bridgehead atoms. The highest BCUT2D eigenvalue weighted by Gasteiger charge is 2.44. The van der Waals surface area contributed by atoms with Crippen molar-refractivity contribution in [1.29, 1.82) is 0 Å². The van der Waals surface area contributed by atoms with Crippen molar-refractivity contribution in [3.63, 3.8) is 0 Å². The van der Waals surface area contributed by atoms with E-state index >= 15 is 0 Å². The number of likely N-dealkylation sites (N-methyl/N-ethyl adjacent to an activating group) is 1. The van der Waals surface area contributed by atoms with E-state index in [1.165, 1.54) is 25.0 Å². The van der Waals surface area contributed by atoms with Gasteiger partial charge in [-0.3, -0.25) is 4.90 Å². The Balaban J connectivity index is 2.03. The number of hydrogen-bond acceptors (Lipinski definition) is 4. The van der Waals surface area contributed by atoms with Crippen LogP contribution in [0, 0.1) is 0 Å². The molecule has 0 aliphatic carbocycles. The van der Waals surface area contributed by atoms with Crippen LogP contribution >= 0.6 is 11.8 Å². The SMILES string of the molecule is CCN(CC1CCCO1)C1(CN)CCSC1C. The van der Waals surface area contributed by atoms with E-state index < -0.39 is 0 Å². The normalized spacial score (nSPS) is 38.1. The Morgan fingerprint density at radius 2 is 2.35 bits per heavy atom. The van der Waals surface area contributed by atoms with Crippen LogP contribution in [0.5, 0.6) is 0 Å². The van der Waals surface area contributed by atoms with Crippen molar-refractivity contribution in [2.75, 3.05) is 32.0 Å². The average molecular weight is 258 g/mol. The molecule has 2 fully saturated rings. The van der Waals surface area contributed by atoms with Gasteiger partial charge in [0.25, 0.3) is 0 Å². The number of nitrogens with zero attached hydrogens (tertiary/aromatic N) is 1. The van der Waals surface area contributed by atoms with Crippen LogP contribution in [0.25, 0.3) is 0 Å². The zero-order valence-electron chi connectivity index (χ0n) is 11.2. The quantitative estimate of drug-likeness (QED) is 0.815. The van der Waals surface area contributed by atoms with Gasteiger partial charge in [0.1, 0.15) is 0 Å². The smallest absolute Gasteiger partial charge is 0.0703 e.